The molecular formula is C13H21ClN2OS. The maximum atomic E-state index is 9.02. The van der Waals surface area contributed by atoms with Crippen LogP contribution in [0.3, 0.4) is 0 Å². The second kappa shape index (κ2) is 7.43. The van der Waals surface area contributed by atoms with Crippen LogP contribution in [0.4, 0.5) is 0 Å². The van der Waals surface area contributed by atoms with Crippen LogP contribution < -0.4 is 0 Å². The number of aromatic nitrogens is 1. The summed E-state index contributed by atoms with van der Waals surface area (Å²) < 4.78 is 0. The molecule has 1 saturated carbocycles. The number of unbranched alkanes of at least 4 members (excludes halogenated alkanes) is 1. The summed E-state index contributed by atoms with van der Waals surface area (Å²) in [6, 6.07) is 0.750. The zero-order chi connectivity index (χ0) is 12.8. The Morgan fingerprint density at radius 2 is 2.22 bits per heavy atom. The molecule has 0 aliphatic heterocycles. The lowest BCUT2D eigenvalue weighted by molar-refractivity contribution is 0.187. The first kappa shape index (κ1) is 14.3. The molecule has 2 rings (SSSR count). The fourth-order valence-electron chi connectivity index (χ4n) is 2.16. The SMILES string of the molecule is OCCN(CCCCc1nc(CCl)cs1)C1CC1. The lowest BCUT2D eigenvalue weighted by Gasteiger charge is -2.20. The van der Waals surface area contributed by atoms with Gasteiger partial charge >= 0.3 is 0 Å². The minimum Gasteiger partial charge on any atom is -0.395 e. The summed E-state index contributed by atoms with van der Waals surface area (Å²) in [4.78, 5) is 6.88. The van der Waals surface area contributed by atoms with Crippen LogP contribution in [0.2, 0.25) is 0 Å². The lowest BCUT2D eigenvalue weighted by atomic mass is 10.2. The van der Waals surface area contributed by atoms with Crippen molar-refractivity contribution in [3.8, 4) is 0 Å². The van der Waals surface area contributed by atoms with Gasteiger partial charge in [0.05, 0.1) is 23.2 Å². The van der Waals surface area contributed by atoms with Crippen LogP contribution in [0.1, 0.15) is 36.4 Å². The molecule has 1 aromatic heterocycles. The molecule has 1 aliphatic rings. The zero-order valence-corrected chi connectivity index (χ0v) is 12.2. The number of thiazole rings is 1. The summed E-state index contributed by atoms with van der Waals surface area (Å²) in [5.74, 6) is 0.516. The topological polar surface area (TPSA) is 36.4 Å². The standard InChI is InChI=1S/C13H21ClN2OS/c14-9-11-10-18-13(15-11)3-1-2-6-16(7-8-17)12-4-5-12/h10,12,17H,1-9H2. The van der Waals surface area contributed by atoms with Gasteiger partial charge in [0.1, 0.15) is 0 Å². The minimum absolute atomic E-state index is 0.280. The number of nitrogens with zero attached hydrogens (tertiary/aromatic N) is 2. The van der Waals surface area contributed by atoms with Crippen molar-refractivity contribution in [1.82, 2.24) is 9.88 Å². The summed E-state index contributed by atoms with van der Waals surface area (Å²) >= 11 is 7.45. The molecule has 1 heterocycles. The first-order chi connectivity index (χ1) is 8.83. The Morgan fingerprint density at radius 3 is 2.83 bits per heavy atom. The highest BCUT2D eigenvalue weighted by Crippen LogP contribution is 2.26. The predicted octanol–water partition coefficient (Wildman–Crippen LogP) is 2.66. The van der Waals surface area contributed by atoms with Gasteiger partial charge in [-0.1, -0.05) is 0 Å². The fourth-order valence-corrected chi connectivity index (χ4v) is 3.23. The number of halogens is 1. The summed E-state index contributed by atoms with van der Waals surface area (Å²) in [5.41, 5.74) is 0.997. The van der Waals surface area contributed by atoms with Crippen molar-refractivity contribution in [2.24, 2.45) is 0 Å². The molecular weight excluding hydrogens is 268 g/mol. The Balaban J connectivity index is 1.62. The van der Waals surface area contributed by atoms with Crippen molar-refractivity contribution in [3.63, 3.8) is 0 Å². The van der Waals surface area contributed by atoms with Gasteiger partial charge in [-0.2, -0.15) is 0 Å². The normalized spacial score (nSPS) is 15.5. The van der Waals surface area contributed by atoms with Gasteiger partial charge in [0.15, 0.2) is 0 Å². The van der Waals surface area contributed by atoms with Crippen LogP contribution in [0, 0.1) is 0 Å². The van der Waals surface area contributed by atoms with E-state index in [-0.39, 0.29) is 6.61 Å². The van der Waals surface area contributed by atoms with Gasteiger partial charge in [-0.3, -0.25) is 4.90 Å². The Bertz CT molecular complexity index is 355. The third-order valence-corrected chi connectivity index (χ3v) is 4.50. The molecule has 1 N–H and O–H groups in total. The van der Waals surface area contributed by atoms with Crippen molar-refractivity contribution in [3.05, 3.63) is 16.1 Å². The third kappa shape index (κ3) is 4.50. The van der Waals surface area contributed by atoms with Crippen LogP contribution in [0.5, 0.6) is 0 Å². The Labute approximate surface area is 118 Å². The van der Waals surface area contributed by atoms with Crippen LogP contribution in [0.15, 0.2) is 5.38 Å². The Hall–Kier alpha value is -0.160. The van der Waals surface area contributed by atoms with Gasteiger partial charge in [0, 0.05) is 18.0 Å². The molecule has 0 unspecified atom stereocenters. The number of hydrogen-bond donors (Lipinski definition) is 1. The second-order valence-corrected chi connectivity index (χ2v) is 6.02. The van der Waals surface area contributed by atoms with Gasteiger partial charge in [-0.25, -0.2) is 4.98 Å². The van der Waals surface area contributed by atoms with E-state index in [1.807, 2.05) is 5.38 Å². The first-order valence-electron chi connectivity index (χ1n) is 6.67. The first-order valence-corrected chi connectivity index (χ1v) is 8.09. The Kier molecular flexibility index (Phi) is 5.89. The van der Waals surface area contributed by atoms with Crippen molar-refractivity contribution in [2.45, 2.75) is 44.0 Å². The maximum absolute atomic E-state index is 9.02. The quantitative estimate of drug-likeness (QED) is 0.561. The van der Waals surface area contributed by atoms with Crippen molar-refractivity contribution >= 4 is 22.9 Å². The molecule has 0 radical (unpaired) electrons. The smallest absolute Gasteiger partial charge is 0.0928 e. The maximum Gasteiger partial charge on any atom is 0.0928 e. The number of aliphatic hydroxyl groups excluding tert-OH is 1. The molecule has 18 heavy (non-hydrogen) atoms. The monoisotopic (exact) mass is 288 g/mol. The van der Waals surface area contributed by atoms with Crippen molar-refractivity contribution in [2.75, 3.05) is 19.7 Å². The number of hydrogen-bond acceptors (Lipinski definition) is 4. The molecule has 3 nitrogen and oxygen atoms in total. The van der Waals surface area contributed by atoms with Gasteiger partial charge < -0.3 is 5.11 Å². The van der Waals surface area contributed by atoms with E-state index >= 15 is 0 Å². The highest BCUT2D eigenvalue weighted by Gasteiger charge is 2.27. The van der Waals surface area contributed by atoms with Gasteiger partial charge in [0.2, 0.25) is 0 Å². The third-order valence-electron chi connectivity index (χ3n) is 3.27. The van der Waals surface area contributed by atoms with Crippen LogP contribution in [-0.4, -0.2) is 40.7 Å². The summed E-state index contributed by atoms with van der Waals surface area (Å²) in [6.07, 6.45) is 6.03. The zero-order valence-electron chi connectivity index (χ0n) is 10.6. The van der Waals surface area contributed by atoms with Crippen molar-refractivity contribution in [1.29, 1.82) is 0 Å². The van der Waals surface area contributed by atoms with E-state index in [0.29, 0.717) is 5.88 Å². The molecule has 0 spiro atoms. The van der Waals surface area contributed by atoms with E-state index in [1.54, 1.807) is 11.3 Å². The largest absolute Gasteiger partial charge is 0.395 e. The van der Waals surface area contributed by atoms with E-state index in [9.17, 15) is 0 Å². The van der Waals surface area contributed by atoms with Crippen molar-refractivity contribution < 1.29 is 5.11 Å². The van der Waals surface area contributed by atoms with Crippen LogP contribution in [-0.2, 0) is 12.3 Å². The van der Waals surface area contributed by atoms with E-state index < -0.39 is 0 Å². The minimum atomic E-state index is 0.280. The molecule has 5 heteroatoms. The fraction of sp³-hybridized carbons (Fsp3) is 0.769. The number of rotatable bonds is 9. The summed E-state index contributed by atoms with van der Waals surface area (Å²) in [6.45, 7) is 2.22. The van der Waals surface area contributed by atoms with Gasteiger partial charge in [0.25, 0.3) is 0 Å². The molecule has 102 valence electrons. The molecule has 0 atom stereocenters. The predicted molar refractivity (Wildman–Crippen MR) is 76.3 cm³/mol. The molecule has 0 saturated heterocycles. The molecule has 1 aliphatic carbocycles. The Morgan fingerprint density at radius 1 is 1.39 bits per heavy atom. The number of aryl methyl sites for hydroxylation is 1. The summed E-state index contributed by atoms with van der Waals surface area (Å²) in [5, 5.41) is 12.3. The molecule has 0 aromatic carbocycles. The van der Waals surface area contributed by atoms with E-state index in [4.69, 9.17) is 16.7 Å². The summed E-state index contributed by atoms with van der Waals surface area (Å²) in [7, 11) is 0. The van der Waals surface area contributed by atoms with Gasteiger partial charge in [-0.15, -0.1) is 22.9 Å². The van der Waals surface area contributed by atoms with E-state index in [1.165, 1.54) is 30.7 Å². The second-order valence-electron chi connectivity index (χ2n) is 4.81. The average molecular weight is 289 g/mol. The van der Waals surface area contributed by atoms with E-state index in [2.05, 4.69) is 9.88 Å². The highest BCUT2D eigenvalue weighted by molar-refractivity contribution is 7.09. The lowest BCUT2D eigenvalue weighted by Crippen LogP contribution is -2.30. The average Bonchev–Trinajstić information content (AvgIpc) is 3.12. The highest BCUT2D eigenvalue weighted by atomic mass is 35.5. The van der Waals surface area contributed by atoms with Crippen LogP contribution >= 0.6 is 22.9 Å². The number of aliphatic hydroxyl groups is 1. The molecule has 1 aromatic rings. The molecule has 0 bridgehead atoms. The number of alkyl halides is 1. The molecule has 1 fully saturated rings. The van der Waals surface area contributed by atoms with Crippen LogP contribution in [0.25, 0.3) is 0 Å². The van der Waals surface area contributed by atoms with E-state index in [0.717, 1.165) is 31.2 Å². The molecule has 0 amide bonds. The van der Waals surface area contributed by atoms with Gasteiger partial charge in [-0.05, 0) is 38.6 Å².